The standard InChI is InChI=1S/C16H13N5OS2/c1-9(13-19-14(22-21-13)10-5-3-2-4-6-10)24-16-18-12(17)11-7-8-23-15(11)20-16/h2-9H,1H3,(H2,17,18,20). The third kappa shape index (κ3) is 2.85. The van der Waals surface area contributed by atoms with E-state index in [2.05, 4.69) is 20.1 Å². The molecule has 0 aliphatic carbocycles. The predicted molar refractivity (Wildman–Crippen MR) is 95.8 cm³/mol. The number of thiophene rings is 1. The molecule has 1 aromatic carbocycles. The molecule has 0 amide bonds. The van der Waals surface area contributed by atoms with Gasteiger partial charge in [-0.05, 0) is 30.5 Å². The average Bonchev–Trinajstić information content (AvgIpc) is 3.25. The molecule has 1 unspecified atom stereocenters. The van der Waals surface area contributed by atoms with Crippen molar-refractivity contribution in [2.45, 2.75) is 17.3 Å². The Balaban J connectivity index is 1.57. The average molecular weight is 355 g/mol. The molecule has 2 N–H and O–H groups in total. The first-order valence-electron chi connectivity index (χ1n) is 7.27. The SMILES string of the molecule is CC(Sc1nc(N)c2ccsc2n1)c1noc(-c2ccccc2)n1. The highest BCUT2D eigenvalue weighted by Gasteiger charge is 2.18. The van der Waals surface area contributed by atoms with Gasteiger partial charge in [0.15, 0.2) is 11.0 Å². The van der Waals surface area contributed by atoms with Crippen molar-refractivity contribution in [3.63, 3.8) is 0 Å². The zero-order valence-electron chi connectivity index (χ0n) is 12.7. The number of fused-ring (bicyclic) bond motifs is 1. The zero-order chi connectivity index (χ0) is 16.5. The Bertz CT molecular complexity index is 982. The van der Waals surface area contributed by atoms with E-state index in [0.29, 0.717) is 22.7 Å². The second kappa shape index (κ2) is 6.21. The molecule has 0 fully saturated rings. The van der Waals surface area contributed by atoms with Crippen molar-refractivity contribution in [1.82, 2.24) is 20.1 Å². The van der Waals surface area contributed by atoms with Gasteiger partial charge in [-0.15, -0.1) is 11.3 Å². The van der Waals surface area contributed by atoms with Crippen LogP contribution in [0.15, 0.2) is 51.5 Å². The predicted octanol–water partition coefficient (Wildman–Crippen LogP) is 4.18. The fourth-order valence-electron chi connectivity index (χ4n) is 2.22. The third-order valence-corrected chi connectivity index (χ3v) is 5.21. The summed E-state index contributed by atoms with van der Waals surface area (Å²) in [4.78, 5) is 14.2. The van der Waals surface area contributed by atoms with Gasteiger partial charge in [0.25, 0.3) is 5.89 Å². The maximum absolute atomic E-state index is 5.99. The third-order valence-electron chi connectivity index (χ3n) is 3.44. The van der Waals surface area contributed by atoms with Gasteiger partial charge in [0.2, 0.25) is 0 Å². The molecule has 3 heterocycles. The van der Waals surface area contributed by atoms with Crippen molar-refractivity contribution in [3.8, 4) is 11.5 Å². The Morgan fingerprint density at radius 2 is 1.96 bits per heavy atom. The second-order valence-electron chi connectivity index (χ2n) is 5.11. The van der Waals surface area contributed by atoms with Crippen LogP contribution in [0.1, 0.15) is 18.0 Å². The van der Waals surface area contributed by atoms with Crippen LogP contribution in [0.25, 0.3) is 21.7 Å². The molecule has 0 saturated heterocycles. The van der Waals surface area contributed by atoms with E-state index >= 15 is 0 Å². The number of hydrogen-bond donors (Lipinski definition) is 1. The number of aromatic nitrogens is 4. The van der Waals surface area contributed by atoms with Crippen LogP contribution >= 0.6 is 23.1 Å². The van der Waals surface area contributed by atoms with Gasteiger partial charge >= 0.3 is 0 Å². The summed E-state index contributed by atoms with van der Waals surface area (Å²) in [6.45, 7) is 1.99. The van der Waals surface area contributed by atoms with E-state index < -0.39 is 0 Å². The molecule has 0 aliphatic heterocycles. The van der Waals surface area contributed by atoms with Gasteiger partial charge < -0.3 is 10.3 Å². The lowest BCUT2D eigenvalue weighted by molar-refractivity contribution is 0.423. The van der Waals surface area contributed by atoms with Crippen molar-refractivity contribution in [2.75, 3.05) is 5.73 Å². The van der Waals surface area contributed by atoms with E-state index in [1.54, 1.807) is 11.3 Å². The number of anilines is 1. The first-order chi connectivity index (χ1) is 11.7. The molecule has 0 saturated carbocycles. The molecule has 0 spiro atoms. The Hall–Kier alpha value is -2.45. The molecule has 0 aliphatic rings. The molecule has 4 aromatic rings. The zero-order valence-corrected chi connectivity index (χ0v) is 14.3. The van der Waals surface area contributed by atoms with Gasteiger partial charge in [-0.25, -0.2) is 9.97 Å². The Morgan fingerprint density at radius 1 is 1.12 bits per heavy atom. The van der Waals surface area contributed by atoms with Gasteiger partial charge in [0.05, 0.1) is 10.6 Å². The highest BCUT2D eigenvalue weighted by Crippen LogP contribution is 2.34. The lowest BCUT2D eigenvalue weighted by Gasteiger charge is -2.06. The molecule has 8 heteroatoms. The van der Waals surface area contributed by atoms with Crippen LogP contribution in [0.4, 0.5) is 5.82 Å². The quantitative estimate of drug-likeness (QED) is 0.434. The largest absolute Gasteiger partial charge is 0.383 e. The summed E-state index contributed by atoms with van der Waals surface area (Å²) >= 11 is 3.00. The summed E-state index contributed by atoms with van der Waals surface area (Å²) in [5.41, 5.74) is 6.89. The fraction of sp³-hybridized carbons (Fsp3) is 0.125. The van der Waals surface area contributed by atoms with Crippen LogP contribution in [0.5, 0.6) is 0 Å². The number of thioether (sulfide) groups is 1. The van der Waals surface area contributed by atoms with Gasteiger partial charge in [-0.2, -0.15) is 4.98 Å². The summed E-state index contributed by atoms with van der Waals surface area (Å²) in [6.07, 6.45) is 0. The van der Waals surface area contributed by atoms with E-state index in [-0.39, 0.29) is 5.25 Å². The number of hydrogen-bond acceptors (Lipinski definition) is 8. The van der Waals surface area contributed by atoms with Crippen LogP contribution in [0.2, 0.25) is 0 Å². The fourth-order valence-corrected chi connectivity index (χ4v) is 3.86. The smallest absolute Gasteiger partial charge is 0.257 e. The normalized spacial score (nSPS) is 12.5. The van der Waals surface area contributed by atoms with Crippen molar-refractivity contribution < 1.29 is 4.52 Å². The first kappa shape index (κ1) is 15.1. The lowest BCUT2D eigenvalue weighted by atomic mass is 10.2. The highest BCUT2D eigenvalue weighted by molar-refractivity contribution is 7.99. The highest BCUT2D eigenvalue weighted by atomic mass is 32.2. The summed E-state index contributed by atoms with van der Waals surface area (Å²) in [6, 6.07) is 11.6. The summed E-state index contributed by atoms with van der Waals surface area (Å²) in [7, 11) is 0. The van der Waals surface area contributed by atoms with Crippen molar-refractivity contribution >= 4 is 39.1 Å². The molecular weight excluding hydrogens is 342 g/mol. The summed E-state index contributed by atoms with van der Waals surface area (Å²) in [5, 5.41) is 7.48. The topological polar surface area (TPSA) is 90.7 Å². The van der Waals surface area contributed by atoms with Crippen molar-refractivity contribution in [2.24, 2.45) is 0 Å². The van der Waals surface area contributed by atoms with E-state index in [9.17, 15) is 0 Å². The van der Waals surface area contributed by atoms with Crippen LogP contribution in [0.3, 0.4) is 0 Å². The van der Waals surface area contributed by atoms with Crippen LogP contribution in [-0.2, 0) is 0 Å². The minimum absolute atomic E-state index is 0.0528. The van der Waals surface area contributed by atoms with Crippen LogP contribution in [-0.4, -0.2) is 20.1 Å². The molecule has 0 radical (unpaired) electrons. The second-order valence-corrected chi connectivity index (χ2v) is 7.32. The molecule has 6 nitrogen and oxygen atoms in total. The van der Waals surface area contributed by atoms with Gasteiger partial charge in [0, 0.05) is 5.56 Å². The molecule has 3 aromatic heterocycles. The van der Waals surface area contributed by atoms with Gasteiger partial charge in [-0.1, -0.05) is 35.1 Å². The monoisotopic (exact) mass is 355 g/mol. The van der Waals surface area contributed by atoms with Crippen molar-refractivity contribution in [3.05, 3.63) is 47.6 Å². The minimum Gasteiger partial charge on any atom is -0.383 e. The minimum atomic E-state index is -0.0528. The molecule has 1 atom stereocenters. The number of rotatable bonds is 4. The number of benzene rings is 1. The number of nitrogen functional groups attached to an aromatic ring is 1. The molecule has 4 rings (SSSR count). The summed E-state index contributed by atoms with van der Waals surface area (Å²) in [5.74, 6) is 1.61. The lowest BCUT2D eigenvalue weighted by Crippen LogP contribution is -1.98. The maximum atomic E-state index is 5.99. The molecule has 0 bridgehead atoms. The Kier molecular flexibility index (Phi) is 3.91. The van der Waals surface area contributed by atoms with Gasteiger partial charge in [0.1, 0.15) is 10.6 Å². The van der Waals surface area contributed by atoms with E-state index in [1.165, 1.54) is 11.8 Å². The molecule has 120 valence electrons. The van der Waals surface area contributed by atoms with E-state index in [0.717, 1.165) is 15.8 Å². The number of nitrogens with two attached hydrogens (primary N) is 1. The van der Waals surface area contributed by atoms with E-state index in [4.69, 9.17) is 10.3 Å². The summed E-state index contributed by atoms with van der Waals surface area (Å²) < 4.78 is 5.35. The Morgan fingerprint density at radius 3 is 2.79 bits per heavy atom. The maximum Gasteiger partial charge on any atom is 0.257 e. The first-order valence-corrected chi connectivity index (χ1v) is 9.03. The Labute approximate surface area is 146 Å². The van der Waals surface area contributed by atoms with Gasteiger partial charge in [-0.3, -0.25) is 0 Å². The van der Waals surface area contributed by atoms with Crippen LogP contribution < -0.4 is 5.73 Å². The van der Waals surface area contributed by atoms with Crippen molar-refractivity contribution in [1.29, 1.82) is 0 Å². The van der Waals surface area contributed by atoms with E-state index in [1.807, 2.05) is 48.7 Å². The molecule has 24 heavy (non-hydrogen) atoms. The molecular formula is C16H13N5OS2. The van der Waals surface area contributed by atoms with Crippen LogP contribution in [0, 0.1) is 0 Å². The number of nitrogens with zero attached hydrogens (tertiary/aromatic N) is 4.